The van der Waals surface area contributed by atoms with Crippen LogP contribution in [0.1, 0.15) is 29.9 Å². The third-order valence-corrected chi connectivity index (χ3v) is 7.74. The molecular formula is C31H55LiMgN6OSi3+2. The summed E-state index contributed by atoms with van der Waals surface area (Å²) in [6.07, 6.45) is 2.56. The second kappa shape index (κ2) is 21.5. The molecule has 0 radical (unpaired) electrons. The molecule has 0 unspecified atom stereocenters. The van der Waals surface area contributed by atoms with Crippen LogP contribution in [0, 0.1) is 20.8 Å². The molecule has 43 heavy (non-hydrogen) atoms. The number of H-pyrrole nitrogens is 1. The Labute approximate surface area is 293 Å². The van der Waals surface area contributed by atoms with E-state index in [1.165, 1.54) is 12.8 Å². The summed E-state index contributed by atoms with van der Waals surface area (Å²) in [5.41, 5.74) is 4.27. The van der Waals surface area contributed by atoms with Gasteiger partial charge in [0.15, 0.2) is 8.24 Å². The van der Waals surface area contributed by atoms with Gasteiger partial charge < -0.3 is 29.3 Å². The number of rotatable bonds is 5. The maximum absolute atomic E-state index is 4.94. The monoisotopic (exact) mass is 642 g/mol. The minimum atomic E-state index is -1.36. The number of pyridine rings is 3. The van der Waals surface area contributed by atoms with Gasteiger partial charge in [-0.1, -0.05) is 81.1 Å². The third kappa shape index (κ3) is 25.8. The van der Waals surface area contributed by atoms with Gasteiger partial charge in [0, 0.05) is 32.8 Å². The number of nitrogens with one attached hydrogen (secondary N) is 2. The normalized spacial score (nSPS) is 12.9. The number of hydrogen-bond acceptors (Lipinski definition) is 2. The van der Waals surface area contributed by atoms with Crippen molar-refractivity contribution < 1.29 is 33.2 Å². The second-order valence-corrected chi connectivity index (χ2v) is 27.2. The second-order valence-electron chi connectivity index (χ2n) is 13.3. The standard InChI is InChI=1S/3C9H15N2Si.C4H8O.Li.Mg/c3*1-8-6-5-7-9(10-8)11-12(2,3)4;1-2-4-5-3-1;;/h3*5-7H,1-4H3;1-4H2;;/q3*-1;;+1;+2/p+2. The van der Waals surface area contributed by atoms with Gasteiger partial charge in [0.25, 0.3) is 0 Å². The topological polar surface area (TPSA) is 92.5 Å². The first kappa shape index (κ1) is 44.0. The van der Waals surface area contributed by atoms with Gasteiger partial charge in [-0.05, 0) is 77.5 Å². The van der Waals surface area contributed by atoms with E-state index in [-0.39, 0.29) is 41.9 Å². The van der Waals surface area contributed by atoms with E-state index in [0.717, 1.165) is 47.4 Å². The van der Waals surface area contributed by atoms with Gasteiger partial charge in [0.05, 0.1) is 0 Å². The van der Waals surface area contributed by atoms with Gasteiger partial charge in [-0.3, -0.25) is 0 Å². The van der Waals surface area contributed by atoms with Crippen LogP contribution in [-0.4, -0.2) is 66.0 Å². The zero-order valence-corrected chi connectivity index (χ0v) is 33.8. The molecule has 4 rings (SSSR count). The minimum absolute atomic E-state index is 0. The smallest absolute Gasteiger partial charge is 0.472 e. The zero-order valence-electron chi connectivity index (χ0n) is 29.4. The number of ether oxygens (including phenoxy) is 1. The summed E-state index contributed by atoms with van der Waals surface area (Å²) in [6, 6.07) is 18.1. The molecule has 1 aliphatic heterocycles. The van der Waals surface area contributed by atoms with Gasteiger partial charge in [0.1, 0.15) is 19.5 Å². The summed E-state index contributed by atoms with van der Waals surface area (Å²) in [5, 5.41) is 0. The van der Waals surface area contributed by atoms with Gasteiger partial charge in [-0.25, -0.2) is 4.98 Å². The van der Waals surface area contributed by atoms with Crippen LogP contribution >= 0.6 is 0 Å². The van der Waals surface area contributed by atoms with Gasteiger partial charge in [-0.15, -0.1) is 0 Å². The molecule has 1 saturated heterocycles. The van der Waals surface area contributed by atoms with Crippen molar-refractivity contribution in [1.82, 2.24) is 9.97 Å². The Morgan fingerprint density at radius 3 is 1.77 bits per heavy atom. The zero-order chi connectivity index (χ0) is 31.1. The predicted octanol–water partition coefficient (Wildman–Crippen LogP) is 3.07. The van der Waals surface area contributed by atoms with Crippen LogP contribution in [-0.2, 0) is 4.74 Å². The summed E-state index contributed by atoms with van der Waals surface area (Å²) < 4.78 is 8.39. The van der Waals surface area contributed by atoms with Crippen molar-refractivity contribution in [3.05, 3.63) is 87.1 Å². The molecule has 7 nitrogen and oxygen atoms in total. The molecule has 3 aromatic rings. The molecule has 0 saturated carbocycles. The van der Waals surface area contributed by atoms with Crippen LogP contribution in [0.25, 0.3) is 9.96 Å². The van der Waals surface area contributed by atoms with Crippen molar-refractivity contribution in [3.63, 3.8) is 0 Å². The molecule has 0 spiro atoms. The molecule has 4 heterocycles. The Kier molecular flexibility index (Phi) is 22.0. The largest absolute Gasteiger partial charge is 2.00 e. The van der Waals surface area contributed by atoms with Gasteiger partial charge in [0.2, 0.25) is 0 Å². The van der Waals surface area contributed by atoms with E-state index in [1.54, 1.807) is 0 Å². The van der Waals surface area contributed by atoms with Gasteiger partial charge in [-0.2, -0.15) is 0 Å². The Balaban J connectivity index is 0. The minimum Gasteiger partial charge on any atom is -0.472 e. The maximum Gasteiger partial charge on any atom is 2.00 e. The Morgan fingerprint density at radius 2 is 1.33 bits per heavy atom. The average molecular weight is 643 g/mol. The summed E-state index contributed by atoms with van der Waals surface area (Å²) >= 11 is 0. The molecule has 228 valence electrons. The van der Waals surface area contributed by atoms with Crippen molar-refractivity contribution in [2.45, 2.75) is 92.5 Å². The maximum atomic E-state index is 4.94. The van der Waals surface area contributed by atoms with Crippen LogP contribution in [0.2, 0.25) is 58.9 Å². The molecule has 2 N–H and O–H groups in total. The summed E-state index contributed by atoms with van der Waals surface area (Å²) in [4.78, 5) is 21.2. The third-order valence-electron chi connectivity index (χ3n) is 4.92. The molecular weight excluding hydrogens is 588 g/mol. The Hall–Kier alpha value is -1.18. The van der Waals surface area contributed by atoms with E-state index in [9.17, 15) is 0 Å². The molecule has 3 aromatic heterocycles. The van der Waals surface area contributed by atoms with Crippen molar-refractivity contribution in [2.24, 2.45) is 0 Å². The van der Waals surface area contributed by atoms with E-state index in [1.807, 2.05) is 75.4 Å². The van der Waals surface area contributed by atoms with E-state index in [4.69, 9.17) is 4.74 Å². The van der Waals surface area contributed by atoms with Crippen LogP contribution in [0.4, 0.5) is 11.6 Å². The van der Waals surface area contributed by atoms with Crippen LogP contribution in [0.5, 0.6) is 0 Å². The molecule has 1 aliphatic rings. The first-order chi connectivity index (χ1) is 18.9. The predicted molar refractivity (Wildman–Crippen MR) is 187 cm³/mol. The average Bonchev–Trinajstić information content (AvgIpc) is 3.37. The fraction of sp³-hybridized carbons (Fsp3) is 0.516. The molecule has 12 heteroatoms. The van der Waals surface area contributed by atoms with E-state index in [0.29, 0.717) is 0 Å². The van der Waals surface area contributed by atoms with Crippen molar-refractivity contribution in [2.75, 3.05) is 13.2 Å². The van der Waals surface area contributed by atoms with Crippen LogP contribution < -0.4 is 39.0 Å². The van der Waals surface area contributed by atoms with Crippen LogP contribution in [0.3, 0.4) is 0 Å². The van der Waals surface area contributed by atoms with Crippen LogP contribution in [0.15, 0.2) is 54.6 Å². The number of aromatic amines is 1. The van der Waals surface area contributed by atoms with E-state index < -0.39 is 24.7 Å². The molecule has 1 fully saturated rings. The molecule has 0 atom stereocenters. The molecule has 0 bridgehead atoms. The van der Waals surface area contributed by atoms with Crippen molar-refractivity contribution >= 4 is 59.4 Å². The molecule has 0 aliphatic carbocycles. The van der Waals surface area contributed by atoms with Crippen molar-refractivity contribution in [3.8, 4) is 0 Å². The molecule has 0 aromatic carbocycles. The number of nitrogens with zero attached hydrogens (tertiary/aromatic N) is 4. The Morgan fingerprint density at radius 1 is 0.767 bits per heavy atom. The first-order valence-electron chi connectivity index (χ1n) is 14.6. The first-order valence-corrected chi connectivity index (χ1v) is 25.0. The Bertz CT molecular complexity index is 1170. The van der Waals surface area contributed by atoms with Gasteiger partial charge >= 0.3 is 41.9 Å². The van der Waals surface area contributed by atoms with E-state index in [2.05, 4.69) is 88.5 Å². The fourth-order valence-corrected chi connectivity index (χ4v) is 6.01. The van der Waals surface area contributed by atoms with E-state index >= 15 is 0 Å². The van der Waals surface area contributed by atoms with Crippen molar-refractivity contribution in [1.29, 1.82) is 0 Å². The fourth-order valence-electron chi connectivity index (χ4n) is 3.44. The number of hydrogen-bond donors (Lipinski definition) is 1. The summed E-state index contributed by atoms with van der Waals surface area (Å²) in [5.74, 6) is 1.89. The summed E-state index contributed by atoms with van der Waals surface area (Å²) in [6.45, 7) is 28.1. The molecule has 0 amide bonds. The SMILES string of the molecule is C1CCOC1.Cc1ccc/c(=[NH+]\[Si](C)(C)C)[n-]1.Cc1cccc([N-][Si](C)(C)C)[nH+]1.Cc1cccc([N-][Si](C)(C)C)n1.[Li+].[Mg+2]. The number of aromatic nitrogens is 3. The number of aryl methyl sites for hydroxylation is 3. The summed E-state index contributed by atoms with van der Waals surface area (Å²) in [7, 11) is -3.92. The quantitative estimate of drug-likeness (QED) is 0.434.